The number of carbonyl (C=O) groups excluding carboxylic acids is 2. The highest BCUT2D eigenvalue weighted by atomic mass is 16.5. The number of ether oxygens (including phenoxy) is 1. The summed E-state index contributed by atoms with van der Waals surface area (Å²) in [5, 5.41) is 0. The zero-order valence-corrected chi connectivity index (χ0v) is 9.29. The van der Waals surface area contributed by atoms with Crippen molar-refractivity contribution in [1.29, 1.82) is 0 Å². The van der Waals surface area contributed by atoms with Crippen LogP contribution in [0.15, 0.2) is 18.2 Å². The molecular weight excluding hydrogens is 204 g/mol. The average Bonchev–Trinajstić information content (AvgIpc) is 2.72. The van der Waals surface area contributed by atoms with Gasteiger partial charge < -0.3 is 9.53 Å². The van der Waals surface area contributed by atoms with Gasteiger partial charge in [0.2, 0.25) is 0 Å². The standard InChI is InChI=1S/C13H14O3/c1-9(14)2-4-12(15)10-3-5-13-11(8-10)6-7-16-13/h3,5,8H,2,4,6-7H2,1H3. The lowest BCUT2D eigenvalue weighted by Crippen LogP contribution is -2.02. The Morgan fingerprint density at radius 1 is 1.31 bits per heavy atom. The average molecular weight is 218 g/mol. The predicted molar refractivity (Wildman–Crippen MR) is 59.9 cm³/mol. The van der Waals surface area contributed by atoms with Gasteiger partial charge in [-0.25, -0.2) is 0 Å². The lowest BCUT2D eigenvalue weighted by atomic mass is 10.0. The number of hydrogen-bond donors (Lipinski definition) is 0. The third-order valence-electron chi connectivity index (χ3n) is 2.72. The molecule has 1 heterocycles. The first kappa shape index (κ1) is 10.9. The summed E-state index contributed by atoms with van der Waals surface area (Å²) in [7, 11) is 0. The van der Waals surface area contributed by atoms with Gasteiger partial charge in [-0.05, 0) is 30.7 Å². The third-order valence-corrected chi connectivity index (χ3v) is 2.72. The second kappa shape index (κ2) is 4.47. The first-order valence-electron chi connectivity index (χ1n) is 5.45. The van der Waals surface area contributed by atoms with Crippen LogP contribution in [0.3, 0.4) is 0 Å². The molecule has 3 heteroatoms. The van der Waals surface area contributed by atoms with Crippen molar-refractivity contribution < 1.29 is 14.3 Å². The van der Waals surface area contributed by atoms with Crippen molar-refractivity contribution in [3.05, 3.63) is 29.3 Å². The molecule has 1 aromatic rings. The Morgan fingerprint density at radius 3 is 2.88 bits per heavy atom. The second-order valence-corrected chi connectivity index (χ2v) is 4.05. The Bertz CT molecular complexity index is 435. The van der Waals surface area contributed by atoms with E-state index in [2.05, 4.69) is 0 Å². The van der Waals surface area contributed by atoms with Crippen molar-refractivity contribution in [2.24, 2.45) is 0 Å². The van der Waals surface area contributed by atoms with Gasteiger partial charge in [0.1, 0.15) is 11.5 Å². The van der Waals surface area contributed by atoms with Gasteiger partial charge in [-0.1, -0.05) is 0 Å². The van der Waals surface area contributed by atoms with Crippen LogP contribution in [0.5, 0.6) is 5.75 Å². The van der Waals surface area contributed by atoms with E-state index in [4.69, 9.17) is 4.74 Å². The topological polar surface area (TPSA) is 43.4 Å². The van der Waals surface area contributed by atoms with E-state index >= 15 is 0 Å². The first-order chi connectivity index (χ1) is 7.66. The molecule has 0 unspecified atom stereocenters. The molecule has 3 nitrogen and oxygen atoms in total. The van der Waals surface area contributed by atoms with E-state index in [1.807, 2.05) is 12.1 Å². The minimum atomic E-state index is 0.0323. The van der Waals surface area contributed by atoms with Crippen LogP contribution in [-0.4, -0.2) is 18.2 Å². The van der Waals surface area contributed by atoms with Crippen LogP contribution in [0.4, 0.5) is 0 Å². The molecule has 0 saturated heterocycles. The van der Waals surface area contributed by atoms with Gasteiger partial charge in [-0.15, -0.1) is 0 Å². The van der Waals surface area contributed by atoms with Crippen molar-refractivity contribution in [2.45, 2.75) is 26.2 Å². The molecule has 0 aromatic heterocycles. The summed E-state index contributed by atoms with van der Waals surface area (Å²) >= 11 is 0. The fraction of sp³-hybridized carbons (Fsp3) is 0.385. The summed E-state index contributed by atoms with van der Waals surface area (Å²) in [5.41, 5.74) is 1.78. The molecule has 0 aliphatic carbocycles. The quantitative estimate of drug-likeness (QED) is 0.727. The minimum Gasteiger partial charge on any atom is -0.493 e. The van der Waals surface area contributed by atoms with Gasteiger partial charge in [0, 0.05) is 24.8 Å². The fourth-order valence-electron chi connectivity index (χ4n) is 1.79. The summed E-state index contributed by atoms with van der Waals surface area (Å²) < 4.78 is 5.37. The summed E-state index contributed by atoms with van der Waals surface area (Å²) in [6.07, 6.45) is 1.49. The molecular formula is C13H14O3. The number of ketones is 2. The Balaban J connectivity index is 2.09. The third kappa shape index (κ3) is 2.30. The molecule has 84 valence electrons. The number of hydrogen-bond acceptors (Lipinski definition) is 3. The number of carbonyl (C=O) groups is 2. The molecule has 0 radical (unpaired) electrons. The van der Waals surface area contributed by atoms with Crippen LogP contribution in [0.2, 0.25) is 0 Å². The molecule has 0 atom stereocenters. The van der Waals surface area contributed by atoms with E-state index in [1.165, 1.54) is 6.92 Å². The normalized spacial score (nSPS) is 13.1. The maximum absolute atomic E-state index is 11.8. The Hall–Kier alpha value is -1.64. The highest BCUT2D eigenvalue weighted by molar-refractivity contribution is 5.98. The summed E-state index contributed by atoms with van der Waals surface area (Å²) in [6, 6.07) is 5.49. The van der Waals surface area contributed by atoms with Gasteiger partial charge >= 0.3 is 0 Å². The zero-order chi connectivity index (χ0) is 11.5. The molecule has 1 aromatic carbocycles. The van der Waals surface area contributed by atoms with Gasteiger partial charge in [0.15, 0.2) is 5.78 Å². The van der Waals surface area contributed by atoms with Crippen molar-refractivity contribution in [2.75, 3.05) is 6.61 Å². The van der Waals surface area contributed by atoms with Crippen LogP contribution < -0.4 is 4.74 Å². The molecule has 0 bridgehead atoms. The second-order valence-electron chi connectivity index (χ2n) is 4.05. The lowest BCUT2D eigenvalue weighted by molar-refractivity contribution is -0.116. The molecule has 2 rings (SSSR count). The lowest BCUT2D eigenvalue weighted by Gasteiger charge is -2.02. The maximum atomic E-state index is 11.8. The molecule has 0 N–H and O–H groups in total. The Kier molecular flexibility index (Phi) is 3.04. The summed E-state index contributed by atoms with van der Waals surface area (Å²) in [5.74, 6) is 0.964. The number of Topliss-reactive ketones (excluding diaryl/α,β-unsaturated/α-hetero) is 2. The molecule has 16 heavy (non-hydrogen) atoms. The van der Waals surface area contributed by atoms with Gasteiger partial charge in [0.05, 0.1) is 6.61 Å². The van der Waals surface area contributed by atoms with Crippen LogP contribution in [0, 0.1) is 0 Å². The summed E-state index contributed by atoms with van der Waals surface area (Å²) in [4.78, 5) is 22.6. The molecule has 0 spiro atoms. The highest BCUT2D eigenvalue weighted by Gasteiger charge is 2.15. The van der Waals surface area contributed by atoms with Crippen molar-refractivity contribution in [3.8, 4) is 5.75 Å². The maximum Gasteiger partial charge on any atom is 0.163 e. The molecule has 0 saturated carbocycles. The number of benzene rings is 1. The van der Waals surface area contributed by atoms with Gasteiger partial charge in [-0.3, -0.25) is 4.79 Å². The van der Waals surface area contributed by atoms with Crippen molar-refractivity contribution >= 4 is 11.6 Å². The van der Waals surface area contributed by atoms with E-state index in [9.17, 15) is 9.59 Å². The van der Waals surface area contributed by atoms with E-state index in [0.717, 1.165) is 17.7 Å². The van der Waals surface area contributed by atoms with Gasteiger partial charge in [0.25, 0.3) is 0 Å². The van der Waals surface area contributed by atoms with Gasteiger partial charge in [-0.2, -0.15) is 0 Å². The fourth-order valence-corrected chi connectivity index (χ4v) is 1.79. The number of rotatable bonds is 4. The van der Waals surface area contributed by atoms with Crippen molar-refractivity contribution in [3.63, 3.8) is 0 Å². The molecule has 1 aliphatic heterocycles. The molecule has 1 aliphatic rings. The van der Waals surface area contributed by atoms with E-state index < -0.39 is 0 Å². The Morgan fingerprint density at radius 2 is 2.12 bits per heavy atom. The SMILES string of the molecule is CC(=O)CCC(=O)c1ccc2c(c1)CCO2. The van der Waals surface area contributed by atoms with E-state index in [-0.39, 0.29) is 11.6 Å². The van der Waals surface area contributed by atoms with Crippen LogP contribution in [-0.2, 0) is 11.2 Å². The van der Waals surface area contributed by atoms with E-state index in [1.54, 1.807) is 6.07 Å². The van der Waals surface area contributed by atoms with Crippen LogP contribution in [0.25, 0.3) is 0 Å². The Labute approximate surface area is 94.4 Å². The first-order valence-corrected chi connectivity index (χ1v) is 5.45. The monoisotopic (exact) mass is 218 g/mol. The highest BCUT2D eigenvalue weighted by Crippen LogP contribution is 2.26. The van der Waals surface area contributed by atoms with Crippen LogP contribution >= 0.6 is 0 Å². The molecule has 0 amide bonds. The zero-order valence-electron chi connectivity index (χ0n) is 9.29. The predicted octanol–water partition coefficient (Wildman–Crippen LogP) is 2.17. The minimum absolute atomic E-state index is 0.0323. The smallest absolute Gasteiger partial charge is 0.163 e. The summed E-state index contributed by atoms with van der Waals surface area (Å²) in [6.45, 7) is 2.20. The van der Waals surface area contributed by atoms with E-state index in [0.29, 0.717) is 25.0 Å². The molecule has 0 fully saturated rings. The largest absolute Gasteiger partial charge is 0.493 e. The van der Waals surface area contributed by atoms with Crippen LogP contribution in [0.1, 0.15) is 35.7 Å². The number of fused-ring (bicyclic) bond motifs is 1. The van der Waals surface area contributed by atoms with Crippen molar-refractivity contribution in [1.82, 2.24) is 0 Å².